The van der Waals surface area contributed by atoms with Crippen LogP contribution in [0.5, 0.6) is 5.88 Å². The molecule has 2 N–H and O–H groups in total. The highest BCUT2D eigenvalue weighted by molar-refractivity contribution is 7.88. The van der Waals surface area contributed by atoms with Crippen molar-refractivity contribution in [1.82, 2.24) is 34.1 Å². The van der Waals surface area contributed by atoms with Gasteiger partial charge in [0, 0.05) is 30.9 Å². The van der Waals surface area contributed by atoms with E-state index in [0.29, 0.717) is 49.3 Å². The summed E-state index contributed by atoms with van der Waals surface area (Å²) >= 11 is 0. The molecule has 1 fully saturated rings. The van der Waals surface area contributed by atoms with Crippen molar-refractivity contribution < 1.29 is 13.2 Å². The second-order valence-corrected chi connectivity index (χ2v) is 9.57. The number of sulfonamides is 1. The van der Waals surface area contributed by atoms with Gasteiger partial charge in [-0.3, -0.25) is 5.10 Å². The maximum Gasteiger partial charge on any atom is 0.244 e. The van der Waals surface area contributed by atoms with Crippen LogP contribution < -0.4 is 10.1 Å². The molecule has 1 aliphatic heterocycles. The van der Waals surface area contributed by atoms with Gasteiger partial charge in [0.2, 0.25) is 21.9 Å². The molecule has 30 heavy (non-hydrogen) atoms. The molecule has 0 radical (unpaired) electrons. The molecule has 11 nitrogen and oxygen atoms in total. The summed E-state index contributed by atoms with van der Waals surface area (Å²) in [5, 5.41) is 14.7. The van der Waals surface area contributed by atoms with Crippen molar-refractivity contribution in [2.75, 3.05) is 31.3 Å². The zero-order valence-electron chi connectivity index (χ0n) is 17.2. The molecular weight excluding hydrogens is 408 g/mol. The fraction of sp³-hybridized carbons (Fsp3) is 0.556. The predicted octanol–water partition coefficient (Wildman–Crippen LogP) is 1.39. The normalized spacial score (nSPS) is 20.5. The Morgan fingerprint density at radius 3 is 2.87 bits per heavy atom. The van der Waals surface area contributed by atoms with Gasteiger partial charge in [0.05, 0.1) is 25.3 Å². The predicted molar refractivity (Wildman–Crippen MR) is 112 cm³/mol. The molecule has 4 heterocycles. The van der Waals surface area contributed by atoms with Crippen molar-refractivity contribution in [1.29, 1.82) is 0 Å². The van der Waals surface area contributed by atoms with Crippen molar-refractivity contribution in [3.05, 3.63) is 18.6 Å². The molecule has 0 bridgehead atoms. The Labute approximate surface area is 174 Å². The number of aromatic nitrogens is 6. The largest absolute Gasteiger partial charge is 0.476 e. The molecule has 4 rings (SSSR count). The van der Waals surface area contributed by atoms with Crippen molar-refractivity contribution in [2.45, 2.75) is 32.7 Å². The number of hydrogen-bond acceptors (Lipinski definition) is 8. The first-order valence-corrected chi connectivity index (χ1v) is 11.8. The summed E-state index contributed by atoms with van der Waals surface area (Å²) < 4.78 is 32.8. The average Bonchev–Trinajstić information content (AvgIpc) is 3.36. The standard InChI is InChI=1S/C18H26N8O3S/c1-4-7-29-17-16(13-8-20-21-9-13)19-10-15-23-18(24-26(15)17)22-14-5-6-25(11-12(14)2)30(3,27)28/h8-10,12,14H,4-7,11H2,1-3H3,(H,20,21)(H,22,24)/t12-,14+/m1/s1. The van der Waals surface area contributed by atoms with Crippen LogP contribution in [0, 0.1) is 5.92 Å². The third-order valence-corrected chi connectivity index (χ3v) is 6.47. The highest BCUT2D eigenvalue weighted by Crippen LogP contribution is 2.29. The maximum absolute atomic E-state index is 11.8. The minimum absolute atomic E-state index is 0.0710. The van der Waals surface area contributed by atoms with E-state index < -0.39 is 10.0 Å². The van der Waals surface area contributed by atoms with Gasteiger partial charge in [-0.15, -0.1) is 5.10 Å². The lowest BCUT2D eigenvalue weighted by molar-refractivity contribution is 0.262. The van der Waals surface area contributed by atoms with Gasteiger partial charge >= 0.3 is 0 Å². The van der Waals surface area contributed by atoms with E-state index in [1.54, 1.807) is 23.1 Å². The van der Waals surface area contributed by atoms with Crippen molar-refractivity contribution in [3.8, 4) is 17.1 Å². The number of piperidine rings is 1. The van der Waals surface area contributed by atoms with Crippen LogP contribution in [0.1, 0.15) is 26.7 Å². The van der Waals surface area contributed by atoms with E-state index in [0.717, 1.165) is 12.0 Å². The summed E-state index contributed by atoms with van der Waals surface area (Å²) in [5.74, 6) is 1.10. The van der Waals surface area contributed by atoms with E-state index in [-0.39, 0.29) is 12.0 Å². The number of fused-ring (bicyclic) bond motifs is 1. The van der Waals surface area contributed by atoms with Crippen LogP contribution in [0.15, 0.2) is 18.6 Å². The second kappa shape index (κ2) is 8.19. The summed E-state index contributed by atoms with van der Waals surface area (Å²) in [4.78, 5) is 9.05. The monoisotopic (exact) mass is 434 g/mol. The van der Waals surface area contributed by atoms with Crippen LogP contribution >= 0.6 is 0 Å². The number of nitrogens with zero attached hydrogens (tertiary/aromatic N) is 6. The first-order valence-electron chi connectivity index (χ1n) is 9.96. The van der Waals surface area contributed by atoms with E-state index >= 15 is 0 Å². The Kier molecular flexibility index (Phi) is 5.60. The lowest BCUT2D eigenvalue weighted by Crippen LogP contribution is -2.47. The highest BCUT2D eigenvalue weighted by atomic mass is 32.2. The quantitative estimate of drug-likeness (QED) is 0.570. The Hall–Kier alpha value is -2.73. The van der Waals surface area contributed by atoms with E-state index in [1.807, 2.05) is 13.8 Å². The maximum atomic E-state index is 11.8. The second-order valence-electron chi connectivity index (χ2n) is 7.59. The third-order valence-electron chi connectivity index (χ3n) is 5.20. The van der Waals surface area contributed by atoms with E-state index in [4.69, 9.17) is 4.74 Å². The van der Waals surface area contributed by atoms with Crippen LogP contribution in [0.25, 0.3) is 16.9 Å². The van der Waals surface area contributed by atoms with Crippen molar-refractivity contribution >= 4 is 21.6 Å². The van der Waals surface area contributed by atoms with E-state index in [1.165, 1.54) is 10.6 Å². The van der Waals surface area contributed by atoms with Crippen molar-refractivity contribution in [3.63, 3.8) is 0 Å². The topological polar surface area (TPSA) is 130 Å². The van der Waals surface area contributed by atoms with Gasteiger partial charge in [0.1, 0.15) is 5.69 Å². The van der Waals surface area contributed by atoms with Gasteiger partial charge < -0.3 is 10.1 Å². The number of aromatic amines is 1. The molecule has 1 saturated heterocycles. The third kappa shape index (κ3) is 4.10. The van der Waals surface area contributed by atoms with Crippen LogP contribution in [-0.4, -0.2) is 74.5 Å². The Bertz CT molecular complexity index is 1110. The van der Waals surface area contributed by atoms with Gasteiger partial charge in [-0.05, 0) is 18.8 Å². The first kappa shape index (κ1) is 20.5. The van der Waals surface area contributed by atoms with Crippen LogP contribution in [0.4, 0.5) is 5.95 Å². The molecular formula is C18H26N8O3S. The van der Waals surface area contributed by atoms with Gasteiger partial charge in [-0.25, -0.2) is 17.7 Å². The number of hydrogen-bond donors (Lipinski definition) is 2. The molecule has 0 spiro atoms. The average molecular weight is 435 g/mol. The van der Waals surface area contributed by atoms with E-state index in [2.05, 4.69) is 30.6 Å². The summed E-state index contributed by atoms with van der Waals surface area (Å²) in [5.41, 5.74) is 2.00. The van der Waals surface area contributed by atoms with Gasteiger partial charge in [-0.2, -0.15) is 14.6 Å². The smallest absolute Gasteiger partial charge is 0.244 e. The van der Waals surface area contributed by atoms with Crippen LogP contribution in [-0.2, 0) is 10.0 Å². The molecule has 1 aliphatic rings. The zero-order chi connectivity index (χ0) is 21.3. The number of nitrogens with one attached hydrogen (secondary N) is 2. The minimum atomic E-state index is -3.18. The number of ether oxygens (including phenoxy) is 1. The summed E-state index contributed by atoms with van der Waals surface area (Å²) in [6.45, 7) is 5.53. The van der Waals surface area contributed by atoms with Crippen LogP contribution in [0.2, 0.25) is 0 Å². The van der Waals surface area contributed by atoms with Gasteiger partial charge in [0.25, 0.3) is 0 Å². The Balaban J connectivity index is 1.60. The van der Waals surface area contributed by atoms with Gasteiger partial charge in [-0.1, -0.05) is 13.8 Å². The summed E-state index contributed by atoms with van der Waals surface area (Å²) in [6, 6.07) is 0.0710. The fourth-order valence-corrected chi connectivity index (χ4v) is 4.53. The van der Waals surface area contributed by atoms with E-state index in [9.17, 15) is 8.42 Å². The molecule has 12 heteroatoms. The highest BCUT2D eigenvalue weighted by Gasteiger charge is 2.31. The number of H-pyrrole nitrogens is 1. The number of anilines is 1. The molecule has 3 aromatic rings. The van der Waals surface area contributed by atoms with Gasteiger partial charge in [0.15, 0.2) is 5.65 Å². The summed E-state index contributed by atoms with van der Waals surface area (Å²) in [7, 11) is -3.18. The lowest BCUT2D eigenvalue weighted by atomic mass is 9.95. The molecule has 0 amide bonds. The Morgan fingerprint density at radius 2 is 2.20 bits per heavy atom. The van der Waals surface area contributed by atoms with Crippen LogP contribution in [0.3, 0.4) is 0 Å². The molecule has 3 aromatic heterocycles. The van der Waals surface area contributed by atoms with Crippen molar-refractivity contribution in [2.24, 2.45) is 5.92 Å². The minimum Gasteiger partial charge on any atom is -0.476 e. The molecule has 0 unspecified atom stereocenters. The summed E-state index contributed by atoms with van der Waals surface area (Å²) in [6.07, 6.45) is 7.86. The molecule has 162 valence electrons. The zero-order valence-corrected chi connectivity index (χ0v) is 18.1. The first-order chi connectivity index (χ1) is 14.4. The lowest BCUT2D eigenvalue weighted by Gasteiger charge is -2.35. The number of rotatable bonds is 7. The molecule has 0 aliphatic carbocycles. The molecule has 0 saturated carbocycles. The fourth-order valence-electron chi connectivity index (χ4n) is 3.59. The Morgan fingerprint density at radius 1 is 1.37 bits per heavy atom. The molecule has 2 atom stereocenters. The molecule has 0 aromatic carbocycles. The SMILES string of the molecule is CCCOc1c(-c2cn[nH]c2)ncc2nc(N[C@H]3CCN(S(C)(=O)=O)C[C@H]3C)nn12.